The van der Waals surface area contributed by atoms with E-state index in [0.717, 1.165) is 27.9 Å². The van der Waals surface area contributed by atoms with Gasteiger partial charge in [-0.1, -0.05) is 12.1 Å². The molecule has 2 aromatic rings. The molecular weight excluding hydrogens is 293 g/mol. The smallest absolute Gasteiger partial charge is 0.123 e. The second-order valence-electron chi connectivity index (χ2n) is 6.42. The van der Waals surface area contributed by atoms with Crippen molar-refractivity contribution >= 4 is 5.69 Å². The summed E-state index contributed by atoms with van der Waals surface area (Å²) in [6.45, 7) is 4.40. The van der Waals surface area contributed by atoms with Gasteiger partial charge in [0.1, 0.15) is 5.82 Å². The van der Waals surface area contributed by atoms with Crippen LogP contribution in [0, 0.1) is 5.82 Å². The largest absolute Gasteiger partial charge is 0.392 e. The van der Waals surface area contributed by atoms with E-state index in [1.54, 1.807) is 19.9 Å². The molecule has 0 heterocycles. The minimum atomic E-state index is -0.478. The van der Waals surface area contributed by atoms with E-state index in [4.69, 9.17) is 0 Å². The van der Waals surface area contributed by atoms with Crippen molar-refractivity contribution in [2.45, 2.75) is 32.5 Å². The number of anilines is 1. The van der Waals surface area contributed by atoms with E-state index in [2.05, 4.69) is 6.07 Å². The summed E-state index contributed by atoms with van der Waals surface area (Å²) >= 11 is 0. The Balaban J connectivity index is 1.92. The fourth-order valence-electron chi connectivity index (χ4n) is 3.29. The Morgan fingerprint density at radius 3 is 2.13 bits per heavy atom. The topological polar surface area (TPSA) is 43.7 Å². The number of benzene rings is 2. The molecule has 0 aromatic heterocycles. The normalized spacial score (nSPS) is 15.0. The zero-order chi connectivity index (χ0) is 16.6. The fraction of sp³-hybridized carbons (Fsp3) is 0.368. The van der Waals surface area contributed by atoms with Gasteiger partial charge in [-0.3, -0.25) is 0 Å². The number of halogens is 1. The molecule has 0 unspecified atom stereocenters. The molecule has 1 aliphatic carbocycles. The van der Waals surface area contributed by atoms with Gasteiger partial charge in [0.2, 0.25) is 0 Å². The molecule has 2 aromatic carbocycles. The maximum absolute atomic E-state index is 13.4. The third-order valence-corrected chi connectivity index (χ3v) is 4.16. The van der Waals surface area contributed by atoms with Crippen LogP contribution in [0.15, 0.2) is 36.4 Å². The summed E-state index contributed by atoms with van der Waals surface area (Å²) in [5.41, 5.74) is 5.36. The molecule has 0 fully saturated rings. The third kappa shape index (κ3) is 3.38. The van der Waals surface area contributed by atoms with Gasteiger partial charge in [0, 0.05) is 18.8 Å². The van der Waals surface area contributed by atoms with Gasteiger partial charge in [-0.15, -0.1) is 0 Å². The molecule has 0 spiro atoms. The summed E-state index contributed by atoms with van der Waals surface area (Å²) < 4.78 is 13.4. The molecule has 2 atom stereocenters. The van der Waals surface area contributed by atoms with Crippen LogP contribution >= 0.6 is 0 Å². The van der Waals surface area contributed by atoms with Gasteiger partial charge in [0.05, 0.1) is 12.2 Å². The predicted octanol–water partition coefficient (Wildman–Crippen LogP) is 2.96. The summed E-state index contributed by atoms with van der Waals surface area (Å²) in [5.74, 6) is -0.207. The Morgan fingerprint density at radius 1 is 0.957 bits per heavy atom. The first-order valence-electron chi connectivity index (χ1n) is 7.97. The van der Waals surface area contributed by atoms with Crippen LogP contribution in [0.25, 0.3) is 11.1 Å². The average molecular weight is 315 g/mol. The first kappa shape index (κ1) is 16.0. The van der Waals surface area contributed by atoms with E-state index in [1.807, 2.05) is 23.1 Å². The van der Waals surface area contributed by atoms with E-state index >= 15 is 0 Å². The molecule has 122 valence electrons. The highest BCUT2D eigenvalue weighted by atomic mass is 19.1. The number of hydrogen-bond donors (Lipinski definition) is 2. The average Bonchev–Trinajstić information content (AvgIpc) is 2.81. The van der Waals surface area contributed by atoms with Gasteiger partial charge >= 0.3 is 0 Å². The van der Waals surface area contributed by atoms with Crippen molar-refractivity contribution in [2.75, 3.05) is 18.0 Å². The highest BCUT2D eigenvalue weighted by molar-refractivity contribution is 5.78. The van der Waals surface area contributed by atoms with Crippen LogP contribution in [0.5, 0.6) is 0 Å². The maximum Gasteiger partial charge on any atom is 0.123 e. The molecular formula is C19H22FNO2. The van der Waals surface area contributed by atoms with Crippen molar-refractivity contribution in [2.24, 2.45) is 0 Å². The molecule has 0 amide bonds. The molecule has 3 nitrogen and oxygen atoms in total. The number of fused-ring (bicyclic) bond motifs is 3. The van der Waals surface area contributed by atoms with Crippen LogP contribution in [-0.4, -0.2) is 35.5 Å². The van der Waals surface area contributed by atoms with Gasteiger partial charge in [-0.25, -0.2) is 4.39 Å². The van der Waals surface area contributed by atoms with Gasteiger partial charge in [-0.05, 0) is 66.8 Å². The Hall–Kier alpha value is -1.91. The molecule has 4 heteroatoms. The summed E-state index contributed by atoms with van der Waals surface area (Å²) in [6, 6.07) is 11.1. The summed E-state index contributed by atoms with van der Waals surface area (Å²) in [6.07, 6.45) is -0.241. The van der Waals surface area contributed by atoms with E-state index < -0.39 is 12.2 Å². The molecule has 0 saturated heterocycles. The van der Waals surface area contributed by atoms with E-state index in [0.29, 0.717) is 19.5 Å². The van der Waals surface area contributed by atoms with Crippen LogP contribution < -0.4 is 4.90 Å². The van der Waals surface area contributed by atoms with Crippen molar-refractivity contribution in [1.82, 2.24) is 0 Å². The second kappa shape index (κ2) is 6.30. The van der Waals surface area contributed by atoms with Crippen LogP contribution in [0.2, 0.25) is 0 Å². The van der Waals surface area contributed by atoms with Crippen LogP contribution in [-0.2, 0) is 6.42 Å². The van der Waals surface area contributed by atoms with Crippen molar-refractivity contribution < 1.29 is 14.6 Å². The van der Waals surface area contributed by atoms with Gasteiger partial charge in [-0.2, -0.15) is 0 Å². The summed E-state index contributed by atoms with van der Waals surface area (Å²) in [7, 11) is 0. The van der Waals surface area contributed by atoms with Gasteiger partial charge in [0.15, 0.2) is 0 Å². The van der Waals surface area contributed by atoms with Gasteiger partial charge in [0.25, 0.3) is 0 Å². The number of rotatable bonds is 5. The standard InChI is InChI=1S/C19H22FNO2/c1-12(22)10-21(11-13(2)23)17-4-6-19-15(9-17)7-14-8-16(20)3-5-18(14)19/h3-6,8-9,12-13,22-23H,7,10-11H2,1-2H3/t12-,13-/m0/s1. The van der Waals surface area contributed by atoms with Crippen molar-refractivity contribution in [1.29, 1.82) is 0 Å². The Morgan fingerprint density at radius 2 is 1.52 bits per heavy atom. The molecule has 0 saturated carbocycles. The van der Waals surface area contributed by atoms with Crippen molar-refractivity contribution in [3.63, 3.8) is 0 Å². The molecule has 0 radical (unpaired) electrons. The number of aliphatic hydroxyl groups excluding tert-OH is 2. The summed E-state index contributed by atoms with van der Waals surface area (Å²) in [5, 5.41) is 19.4. The van der Waals surface area contributed by atoms with Crippen LogP contribution in [0.4, 0.5) is 10.1 Å². The number of nitrogens with zero attached hydrogens (tertiary/aromatic N) is 1. The first-order valence-corrected chi connectivity index (χ1v) is 7.97. The summed E-state index contributed by atoms with van der Waals surface area (Å²) in [4.78, 5) is 1.99. The Kier molecular flexibility index (Phi) is 4.37. The molecule has 1 aliphatic rings. The lowest BCUT2D eigenvalue weighted by atomic mass is 10.0. The van der Waals surface area contributed by atoms with Crippen LogP contribution in [0.1, 0.15) is 25.0 Å². The zero-order valence-electron chi connectivity index (χ0n) is 13.5. The van der Waals surface area contributed by atoms with E-state index in [9.17, 15) is 14.6 Å². The molecule has 3 rings (SSSR count). The quantitative estimate of drug-likeness (QED) is 0.761. The SMILES string of the molecule is C[C@H](O)CN(C[C@H](C)O)c1ccc2c(c1)Cc1cc(F)ccc1-2. The van der Waals surface area contributed by atoms with Crippen LogP contribution in [0.3, 0.4) is 0 Å². The fourth-order valence-corrected chi connectivity index (χ4v) is 3.29. The Bertz CT molecular complexity index is 703. The second-order valence-corrected chi connectivity index (χ2v) is 6.42. The molecule has 2 N–H and O–H groups in total. The van der Waals surface area contributed by atoms with E-state index in [1.165, 1.54) is 6.07 Å². The molecule has 0 aliphatic heterocycles. The Labute approximate surface area is 136 Å². The highest BCUT2D eigenvalue weighted by Crippen LogP contribution is 2.38. The number of hydrogen-bond acceptors (Lipinski definition) is 3. The monoisotopic (exact) mass is 315 g/mol. The lowest BCUT2D eigenvalue weighted by Gasteiger charge is -2.28. The predicted molar refractivity (Wildman–Crippen MR) is 90.2 cm³/mol. The minimum absolute atomic E-state index is 0.207. The first-order chi connectivity index (χ1) is 10.9. The van der Waals surface area contributed by atoms with Gasteiger partial charge < -0.3 is 15.1 Å². The molecule has 0 bridgehead atoms. The van der Waals surface area contributed by atoms with Crippen molar-refractivity contribution in [3.8, 4) is 11.1 Å². The third-order valence-electron chi connectivity index (χ3n) is 4.16. The minimum Gasteiger partial charge on any atom is -0.392 e. The number of aliphatic hydroxyl groups is 2. The lowest BCUT2D eigenvalue weighted by molar-refractivity contribution is 0.178. The maximum atomic E-state index is 13.4. The lowest BCUT2D eigenvalue weighted by Crippen LogP contribution is -2.36. The highest BCUT2D eigenvalue weighted by Gasteiger charge is 2.21. The molecule has 23 heavy (non-hydrogen) atoms. The van der Waals surface area contributed by atoms with Crippen molar-refractivity contribution in [3.05, 3.63) is 53.3 Å². The zero-order valence-corrected chi connectivity index (χ0v) is 13.5. The van der Waals surface area contributed by atoms with E-state index in [-0.39, 0.29) is 5.82 Å².